The molecule has 0 radical (unpaired) electrons. The van der Waals surface area contributed by atoms with Gasteiger partial charge < -0.3 is 4.74 Å². The summed E-state index contributed by atoms with van der Waals surface area (Å²) in [7, 11) is 0. The maximum atomic E-state index is 5.38. The van der Waals surface area contributed by atoms with Crippen LogP contribution in [-0.4, -0.2) is 18.2 Å². The highest BCUT2D eigenvalue weighted by Gasteiger charge is 2.17. The molecule has 0 amide bonds. The fourth-order valence-electron chi connectivity index (χ4n) is 2.10. The van der Waals surface area contributed by atoms with Crippen LogP contribution in [0.3, 0.4) is 0 Å². The van der Waals surface area contributed by atoms with Gasteiger partial charge in [0.1, 0.15) is 0 Å². The Kier molecular flexibility index (Phi) is 2.82. The molecule has 2 rings (SSSR count). The number of aryl methyl sites for hydroxylation is 2. The van der Waals surface area contributed by atoms with Crippen LogP contribution in [0.1, 0.15) is 35.6 Å². The van der Waals surface area contributed by atoms with E-state index < -0.39 is 0 Å². The summed E-state index contributed by atoms with van der Waals surface area (Å²) in [5, 5.41) is 0. The van der Waals surface area contributed by atoms with Crippen molar-refractivity contribution >= 4 is 0 Å². The molecule has 2 nitrogen and oxygen atoms in total. The van der Waals surface area contributed by atoms with Crippen LogP contribution in [0.2, 0.25) is 0 Å². The lowest BCUT2D eigenvalue weighted by atomic mass is 9.89. The highest BCUT2D eigenvalue weighted by molar-refractivity contribution is 5.28. The van der Waals surface area contributed by atoms with E-state index >= 15 is 0 Å². The number of aromatic nitrogens is 1. The average molecular weight is 191 g/mol. The van der Waals surface area contributed by atoms with Gasteiger partial charge in [-0.25, -0.2) is 0 Å². The summed E-state index contributed by atoms with van der Waals surface area (Å²) in [6, 6.07) is 2.23. The molecule has 1 aliphatic heterocycles. The number of ether oxygens (including phenoxy) is 1. The van der Waals surface area contributed by atoms with Crippen LogP contribution in [0.5, 0.6) is 0 Å². The zero-order chi connectivity index (χ0) is 9.97. The monoisotopic (exact) mass is 191 g/mol. The maximum Gasteiger partial charge on any atom is 0.0471 e. The number of hydrogen-bond donors (Lipinski definition) is 0. The zero-order valence-corrected chi connectivity index (χ0v) is 8.92. The second-order valence-corrected chi connectivity index (χ2v) is 4.07. The lowest BCUT2D eigenvalue weighted by Gasteiger charge is -2.23. The van der Waals surface area contributed by atoms with Crippen molar-refractivity contribution in [3.63, 3.8) is 0 Å². The van der Waals surface area contributed by atoms with Crippen LogP contribution < -0.4 is 0 Å². The molecule has 1 aromatic rings. The quantitative estimate of drug-likeness (QED) is 0.680. The third-order valence-corrected chi connectivity index (χ3v) is 2.94. The molecule has 0 N–H and O–H groups in total. The number of pyridine rings is 1. The van der Waals surface area contributed by atoms with Gasteiger partial charge in [0.25, 0.3) is 0 Å². The Labute approximate surface area is 85.3 Å². The van der Waals surface area contributed by atoms with Gasteiger partial charge in [-0.05, 0) is 49.8 Å². The molecule has 0 aromatic carbocycles. The first kappa shape index (κ1) is 9.66. The molecule has 14 heavy (non-hydrogen) atoms. The van der Waals surface area contributed by atoms with E-state index in [-0.39, 0.29) is 0 Å². The summed E-state index contributed by atoms with van der Waals surface area (Å²) in [4.78, 5) is 4.30. The summed E-state index contributed by atoms with van der Waals surface area (Å²) < 4.78 is 5.38. The van der Waals surface area contributed by atoms with Crippen molar-refractivity contribution in [2.24, 2.45) is 0 Å². The Morgan fingerprint density at radius 1 is 1.29 bits per heavy atom. The predicted molar refractivity (Wildman–Crippen MR) is 56.5 cm³/mol. The van der Waals surface area contributed by atoms with Crippen LogP contribution >= 0.6 is 0 Å². The van der Waals surface area contributed by atoms with Crippen molar-refractivity contribution in [2.45, 2.75) is 32.6 Å². The first-order valence-electron chi connectivity index (χ1n) is 5.28. The van der Waals surface area contributed by atoms with Crippen molar-refractivity contribution in [3.8, 4) is 0 Å². The summed E-state index contributed by atoms with van der Waals surface area (Å²) in [6.07, 6.45) is 4.30. The van der Waals surface area contributed by atoms with E-state index in [9.17, 15) is 0 Å². The van der Waals surface area contributed by atoms with Crippen molar-refractivity contribution < 1.29 is 4.74 Å². The largest absolute Gasteiger partial charge is 0.381 e. The van der Waals surface area contributed by atoms with Gasteiger partial charge in [0.2, 0.25) is 0 Å². The lowest BCUT2D eigenvalue weighted by molar-refractivity contribution is 0.0852. The third-order valence-electron chi connectivity index (χ3n) is 2.94. The molecule has 2 heterocycles. The molecule has 1 fully saturated rings. The Balaban J connectivity index is 2.24. The molecule has 2 heteroatoms. The van der Waals surface area contributed by atoms with Gasteiger partial charge >= 0.3 is 0 Å². The summed E-state index contributed by atoms with van der Waals surface area (Å²) in [5.74, 6) is 0.686. The normalized spacial score (nSPS) is 18.4. The summed E-state index contributed by atoms with van der Waals surface area (Å²) in [5.41, 5.74) is 3.92. The van der Waals surface area contributed by atoms with Crippen LogP contribution in [0.4, 0.5) is 0 Å². The molecule has 76 valence electrons. The fraction of sp³-hybridized carbons (Fsp3) is 0.583. The van der Waals surface area contributed by atoms with E-state index in [1.54, 1.807) is 0 Å². The topological polar surface area (TPSA) is 22.1 Å². The highest BCUT2D eigenvalue weighted by atomic mass is 16.5. The minimum Gasteiger partial charge on any atom is -0.381 e. The van der Waals surface area contributed by atoms with E-state index in [1.807, 2.05) is 6.20 Å². The molecular formula is C12H17NO. The maximum absolute atomic E-state index is 5.38. The zero-order valence-electron chi connectivity index (χ0n) is 8.92. The standard InChI is InChI=1S/C12H17NO/c1-9-8-13-10(2)7-12(9)11-3-5-14-6-4-11/h7-8,11H,3-6H2,1-2H3. The van der Waals surface area contributed by atoms with Crippen LogP contribution in [0.15, 0.2) is 12.3 Å². The number of nitrogens with zero attached hydrogens (tertiary/aromatic N) is 1. The average Bonchev–Trinajstić information content (AvgIpc) is 2.23. The van der Waals surface area contributed by atoms with Crippen molar-refractivity contribution in [1.82, 2.24) is 4.98 Å². The van der Waals surface area contributed by atoms with Crippen molar-refractivity contribution in [3.05, 3.63) is 29.1 Å². The van der Waals surface area contributed by atoms with Gasteiger partial charge in [-0.1, -0.05) is 0 Å². The second kappa shape index (κ2) is 4.09. The molecule has 1 aromatic heterocycles. The van der Waals surface area contributed by atoms with Crippen LogP contribution in [-0.2, 0) is 4.74 Å². The Morgan fingerprint density at radius 2 is 2.00 bits per heavy atom. The first-order chi connectivity index (χ1) is 6.77. The van der Waals surface area contributed by atoms with Crippen LogP contribution in [0, 0.1) is 13.8 Å². The minimum absolute atomic E-state index is 0.686. The summed E-state index contributed by atoms with van der Waals surface area (Å²) >= 11 is 0. The van der Waals surface area contributed by atoms with Crippen LogP contribution in [0.25, 0.3) is 0 Å². The SMILES string of the molecule is Cc1cc(C2CCOCC2)c(C)cn1. The fourth-order valence-corrected chi connectivity index (χ4v) is 2.10. The Morgan fingerprint density at radius 3 is 2.71 bits per heavy atom. The van der Waals surface area contributed by atoms with E-state index in [4.69, 9.17) is 4.74 Å². The predicted octanol–water partition coefficient (Wildman–Crippen LogP) is 2.59. The highest BCUT2D eigenvalue weighted by Crippen LogP contribution is 2.29. The van der Waals surface area contributed by atoms with Gasteiger partial charge in [0.15, 0.2) is 0 Å². The van der Waals surface area contributed by atoms with E-state index in [0.717, 1.165) is 31.7 Å². The molecular weight excluding hydrogens is 174 g/mol. The Bertz CT molecular complexity index is 316. The van der Waals surface area contributed by atoms with Gasteiger partial charge in [0.05, 0.1) is 0 Å². The second-order valence-electron chi connectivity index (χ2n) is 4.07. The molecule has 1 saturated heterocycles. The summed E-state index contributed by atoms with van der Waals surface area (Å²) in [6.45, 7) is 6.02. The Hall–Kier alpha value is -0.890. The molecule has 1 aliphatic rings. The van der Waals surface area contributed by atoms with E-state index in [2.05, 4.69) is 24.9 Å². The van der Waals surface area contributed by atoms with Gasteiger partial charge in [-0.15, -0.1) is 0 Å². The molecule has 0 aliphatic carbocycles. The molecule has 0 atom stereocenters. The van der Waals surface area contributed by atoms with E-state index in [1.165, 1.54) is 11.1 Å². The lowest BCUT2D eigenvalue weighted by Crippen LogP contribution is -2.15. The smallest absolute Gasteiger partial charge is 0.0471 e. The molecule has 0 spiro atoms. The first-order valence-corrected chi connectivity index (χ1v) is 5.28. The minimum atomic E-state index is 0.686. The number of rotatable bonds is 1. The van der Waals surface area contributed by atoms with Crippen molar-refractivity contribution in [2.75, 3.05) is 13.2 Å². The van der Waals surface area contributed by atoms with Gasteiger partial charge in [-0.2, -0.15) is 0 Å². The third kappa shape index (κ3) is 1.95. The van der Waals surface area contributed by atoms with Gasteiger partial charge in [0, 0.05) is 25.1 Å². The molecule has 0 unspecified atom stereocenters. The molecule has 0 saturated carbocycles. The van der Waals surface area contributed by atoms with E-state index in [0.29, 0.717) is 5.92 Å². The molecule has 0 bridgehead atoms. The van der Waals surface area contributed by atoms with Crippen molar-refractivity contribution in [1.29, 1.82) is 0 Å². The number of hydrogen-bond acceptors (Lipinski definition) is 2. The van der Waals surface area contributed by atoms with Gasteiger partial charge in [-0.3, -0.25) is 4.98 Å².